The fourth-order valence-electron chi connectivity index (χ4n) is 2.93. The molecule has 2 aromatic heterocycles. The maximum Gasteiger partial charge on any atom is 0.257 e. The van der Waals surface area contributed by atoms with Crippen LogP contribution in [0.5, 0.6) is 5.75 Å². The van der Waals surface area contributed by atoms with E-state index < -0.39 is 5.91 Å². The number of phenolic OH excluding ortho intramolecular Hbond substituents is 1. The first-order valence-electron chi connectivity index (χ1n) is 8.61. The average Bonchev–Trinajstić information content (AvgIpc) is 2.73. The maximum absolute atomic E-state index is 12.6. The number of pyridine rings is 2. The molecule has 2 N–H and O–H groups in total. The number of benzene rings is 2. The average molecular weight is 401 g/mol. The van der Waals surface area contributed by atoms with Gasteiger partial charge < -0.3 is 10.4 Å². The largest absolute Gasteiger partial charge is 0.507 e. The van der Waals surface area contributed by atoms with Crippen LogP contribution in [0.2, 0.25) is 5.02 Å². The number of nitrogens with one attached hydrogen (secondary N) is 1. The van der Waals surface area contributed by atoms with Gasteiger partial charge in [-0.15, -0.1) is 0 Å². The van der Waals surface area contributed by atoms with E-state index in [4.69, 9.17) is 16.9 Å². The lowest BCUT2D eigenvalue weighted by Gasteiger charge is -2.11. The molecule has 4 rings (SSSR count). The molecule has 0 radical (unpaired) electrons. The molecule has 6 nitrogen and oxygen atoms in total. The first-order chi connectivity index (χ1) is 14.0. The predicted octanol–water partition coefficient (Wildman–Crippen LogP) is 4.78. The van der Waals surface area contributed by atoms with E-state index in [1.54, 1.807) is 36.5 Å². The van der Waals surface area contributed by atoms with Crippen LogP contribution in [0.4, 0.5) is 5.82 Å². The molecule has 2 heterocycles. The Bertz CT molecular complexity index is 1260. The maximum atomic E-state index is 12.6. The lowest BCUT2D eigenvalue weighted by molar-refractivity contribution is 0.102. The molecule has 0 saturated carbocycles. The van der Waals surface area contributed by atoms with Gasteiger partial charge in [0.25, 0.3) is 5.91 Å². The molecule has 7 heteroatoms. The molecule has 0 bridgehead atoms. The molecule has 0 fully saturated rings. The SMILES string of the molecule is N#Cc1ccc(-c2c(O)cc(C(=O)Nc3ccc4cccnc4n3)cc2Cl)cc1. The molecule has 29 heavy (non-hydrogen) atoms. The number of phenols is 1. The first kappa shape index (κ1) is 18.4. The van der Waals surface area contributed by atoms with Crippen LogP contribution in [0.25, 0.3) is 22.2 Å². The van der Waals surface area contributed by atoms with E-state index in [1.165, 1.54) is 12.1 Å². The summed E-state index contributed by atoms with van der Waals surface area (Å²) in [6.07, 6.45) is 1.63. The van der Waals surface area contributed by atoms with Gasteiger partial charge in [-0.2, -0.15) is 5.26 Å². The van der Waals surface area contributed by atoms with Gasteiger partial charge in [-0.25, -0.2) is 9.97 Å². The number of carbonyl (C=O) groups excluding carboxylic acids is 1. The molecule has 0 spiro atoms. The predicted molar refractivity (Wildman–Crippen MR) is 111 cm³/mol. The fourth-order valence-corrected chi connectivity index (χ4v) is 3.26. The number of rotatable bonds is 3. The second-order valence-electron chi connectivity index (χ2n) is 6.24. The summed E-state index contributed by atoms with van der Waals surface area (Å²) < 4.78 is 0. The van der Waals surface area contributed by atoms with E-state index in [0.29, 0.717) is 28.2 Å². The zero-order valence-corrected chi connectivity index (χ0v) is 15.7. The van der Waals surface area contributed by atoms with Gasteiger partial charge >= 0.3 is 0 Å². The molecular weight excluding hydrogens is 388 g/mol. The Labute approximate surface area is 171 Å². The smallest absolute Gasteiger partial charge is 0.257 e. The van der Waals surface area contributed by atoms with Crippen molar-refractivity contribution in [3.05, 3.63) is 83.0 Å². The molecule has 1 amide bonds. The normalized spacial score (nSPS) is 10.5. The number of halogens is 1. The zero-order chi connectivity index (χ0) is 20.4. The molecule has 0 unspecified atom stereocenters. The van der Waals surface area contributed by atoms with E-state index in [9.17, 15) is 9.90 Å². The lowest BCUT2D eigenvalue weighted by atomic mass is 10.0. The number of aromatic hydroxyl groups is 1. The molecule has 0 saturated heterocycles. The van der Waals surface area contributed by atoms with Gasteiger partial charge in [-0.1, -0.05) is 23.7 Å². The van der Waals surface area contributed by atoms with Crippen molar-refractivity contribution in [1.82, 2.24) is 9.97 Å². The van der Waals surface area contributed by atoms with Crippen molar-refractivity contribution in [1.29, 1.82) is 5.26 Å². The van der Waals surface area contributed by atoms with E-state index in [-0.39, 0.29) is 16.3 Å². The number of aromatic nitrogens is 2. The summed E-state index contributed by atoms with van der Waals surface area (Å²) in [6.45, 7) is 0. The minimum absolute atomic E-state index is 0.138. The fraction of sp³-hybridized carbons (Fsp3) is 0. The second kappa shape index (κ2) is 7.58. The van der Waals surface area contributed by atoms with E-state index in [1.807, 2.05) is 24.3 Å². The van der Waals surface area contributed by atoms with Crippen molar-refractivity contribution in [2.24, 2.45) is 0 Å². The standard InChI is InChI=1S/C22H13ClN4O2/c23-17-10-16(11-18(28)20(17)14-5-3-13(12-24)4-6-14)22(29)27-19-8-7-15-2-1-9-25-21(15)26-19/h1-11,28H,(H,25,26,27,29). The number of fused-ring (bicyclic) bond motifs is 1. The van der Waals surface area contributed by atoms with Crippen LogP contribution < -0.4 is 5.32 Å². The minimum Gasteiger partial charge on any atom is -0.507 e. The summed E-state index contributed by atoms with van der Waals surface area (Å²) in [5.41, 5.74) is 2.23. The number of nitriles is 1. The summed E-state index contributed by atoms with van der Waals surface area (Å²) in [7, 11) is 0. The third-order valence-electron chi connectivity index (χ3n) is 4.34. The van der Waals surface area contributed by atoms with Crippen LogP contribution >= 0.6 is 11.6 Å². The quantitative estimate of drug-likeness (QED) is 0.515. The Morgan fingerprint density at radius 1 is 1.10 bits per heavy atom. The highest BCUT2D eigenvalue weighted by Crippen LogP contribution is 2.37. The van der Waals surface area contributed by atoms with Gasteiger partial charge in [-0.05, 0) is 54.1 Å². The van der Waals surface area contributed by atoms with Gasteiger partial charge in [0.15, 0.2) is 5.65 Å². The Kier molecular flexibility index (Phi) is 4.82. The van der Waals surface area contributed by atoms with Gasteiger partial charge in [0.1, 0.15) is 11.6 Å². The molecule has 140 valence electrons. The summed E-state index contributed by atoms with van der Waals surface area (Å²) in [6, 6.07) is 18.7. The molecule has 4 aromatic rings. The van der Waals surface area contributed by atoms with Crippen molar-refractivity contribution in [2.45, 2.75) is 0 Å². The van der Waals surface area contributed by atoms with Crippen LogP contribution in [0.3, 0.4) is 0 Å². The number of anilines is 1. The van der Waals surface area contributed by atoms with Gasteiger partial charge in [-0.3, -0.25) is 4.79 Å². The number of hydrogen-bond donors (Lipinski definition) is 2. The Hall–Kier alpha value is -3.95. The van der Waals surface area contributed by atoms with Crippen molar-refractivity contribution in [3.63, 3.8) is 0 Å². The highest BCUT2D eigenvalue weighted by Gasteiger charge is 2.16. The van der Waals surface area contributed by atoms with Crippen LogP contribution in [-0.4, -0.2) is 21.0 Å². The van der Waals surface area contributed by atoms with Gasteiger partial charge in [0, 0.05) is 22.7 Å². The van der Waals surface area contributed by atoms with Crippen LogP contribution in [0.1, 0.15) is 15.9 Å². The molecule has 0 aliphatic rings. The van der Waals surface area contributed by atoms with Crippen molar-refractivity contribution in [2.75, 3.05) is 5.32 Å². The summed E-state index contributed by atoms with van der Waals surface area (Å²) in [5, 5.41) is 23.1. The van der Waals surface area contributed by atoms with E-state index >= 15 is 0 Å². The Morgan fingerprint density at radius 3 is 2.62 bits per heavy atom. The molecular formula is C22H13ClN4O2. The van der Waals surface area contributed by atoms with Crippen molar-refractivity contribution < 1.29 is 9.90 Å². The first-order valence-corrected chi connectivity index (χ1v) is 8.99. The molecule has 0 aliphatic heterocycles. The van der Waals surface area contributed by atoms with Crippen LogP contribution in [0, 0.1) is 11.3 Å². The van der Waals surface area contributed by atoms with Crippen LogP contribution in [-0.2, 0) is 0 Å². The Morgan fingerprint density at radius 2 is 1.90 bits per heavy atom. The molecule has 0 aliphatic carbocycles. The van der Waals surface area contributed by atoms with Gasteiger partial charge in [0.05, 0.1) is 16.7 Å². The third kappa shape index (κ3) is 3.72. The Balaban J connectivity index is 1.62. The summed E-state index contributed by atoms with van der Waals surface area (Å²) in [4.78, 5) is 21.1. The molecule has 2 aromatic carbocycles. The number of amides is 1. The van der Waals surface area contributed by atoms with Crippen molar-refractivity contribution in [3.8, 4) is 22.9 Å². The minimum atomic E-state index is -0.462. The lowest BCUT2D eigenvalue weighted by Crippen LogP contribution is -2.13. The second-order valence-corrected chi connectivity index (χ2v) is 6.65. The number of nitrogens with zero attached hydrogens (tertiary/aromatic N) is 3. The van der Waals surface area contributed by atoms with Crippen molar-refractivity contribution >= 4 is 34.4 Å². The topological polar surface area (TPSA) is 98.9 Å². The van der Waals surface area contributed by atoms with E-state index in [2.05, 4.69) is 15.3 Å². The number of hydrogen-bond acceptors (Lipinski definition) is 5. The summed E-state index contributed by atoms with van der Waals surface area (Å²) >= 11 is 6.34. The molecule has 0 atom stereocenters. The number of carbonyl (C=O) groups is 1. The monoisotopic (exact) mass is 400 g/mol. The van der Waals surface area contributed by atoms with Crippen LogP contribution in [0.15, 0.2) is 66.9 Å². The highest BCUT2D eigenvalue weighted by molar-refractivity contribution is 6.34. The third-order valence-corrected chi connectivity index (χ3v) is 4.64. The van der Waals surface area contributed by atoms with E-state index in [0.717, 1.165) is 5.39 Å². The van der Waals surface area contributed by atoms with Gasteiger partial charge in [0.2, 0.25) is 0 Å². The summed E-state index contributed by atoms with van der Waals surface area (Å²) in [5.74, 6) is -0.259. The zero-order valence-electron chi connectivity index (χ0n) is 14.9. The highest BCUT2D eigenvalue weighted by atomic mass is 35.5.